The topological polar surface area (TPSA) is 46.1 Å². The fraction of sp³-hybridized carbons (Fsp3) is 1.00. The van der Waals surface area contributed by atoms with E-state index in [1.54, 1.807) is 27.7 Å². The third kappa shape index (κ3) is 148. The van der Waals surface area contributed by atoms with Crippen molar-refractivity contribution in [3.05, 3.63) is 0 Å². The van der Waals surface area contributed by atoms with Crippen molar-refractivity contribution in [2.75, 3.05) is 6.61 Å². The predicted octanol–water partition coefficient (Wildman–Crippen LogP) is -6.48. The Kier molecular flexibility index (Phi) is 32.3. The first-order chi connectivity index (χ1) is 3.41. The van der Waals surface area contributed by atoms with Crippen LogP contribution in [0.25, 0.3) is 0 Å². The fourth-order valence-electron chi connectivity index (χ4n) is 0. The van der Waals surface area contributed by atoms with Gasteiger partial charge in [-0.3, -0.25) is 0 Å². The molecule has 0 atom stereocenters. The van der Waals surface area contributed by atoms with Crippen LogP contribution in [-0.2, 0) is 0 Å². The van der Waals surface area contributed by atoms with E-state index in [1.165, 1.54) is 0 Å². The van der Waals surface area contributed by atoms with Gasteiger partial charge in [-0.1, -0.05) is 27.7 Å². The van der Waals surface area contributed by atoms with Crippen LogP contribution < -0.4 is 91.2 Å². The van der Waals surface area contributed by atoms with Crippen LogP contribution in [0.4, 0.5) is 0 Å². The Morgan fingerprint density at radius 3 is 1.20 bits per heavy atom. The third-order valence-electron chi connectivity index (χ3n) is 0. The average molecular weight is 180 g/mol. The Balaban J connectivity index is -0.0000000326. The van der Waals surface area contributed by atoms with E-state index in [0.717, 1.165) is 0 Å². The summed E-state index contributed by atoms with van der Waals surface area (Å²) in [5.41, 5.74) is -0.750. The molecule has 0 saturated heterocycles. The first-order valence-electron chi connectivity index (χ1n) is 2.70. The number of rotatable bonds is 0. The molecular formula is C6H14KNaO2. The Labute approximate surface area is 128 Å². The molecule has 0 heterocycles. The van der Waals surface area contributed by atoms with Gasteiger partial charge in [0.25, 0.3) is 0 Å². The van der Waals surface area contributed by atoms with Crippen LogP contribution in [0.1, 0.15) is 27.7 Å². The van der Waals surface area contributed by atoms with Gasteiger partial charge in [-0.25, -0.2) is 0 Å². The molecule has 0 aliphatic heterocycles. The summed E-state index contributed by atoms with van der Waals surface area (Å²) >= 11 is 0. The van der Waals surface area contributed by atoms with Gasteiger partial charge in [0, 0.05) is 0 Å². The second-order valence-corrected chi connectivity index (χ2v) is 2.40. The fourth-order valence-corrected chi connectivity index (χ4v) is 0. The predicted molar refractivity (Wildman–Crippen MR) is 30.3 cm³/mol. The van der Waals surface area contributed by atoms with Crippen LogP contribution in [0.2, 0.25) is 0 Å². The van der Waals surface area contributed by atoms with Crippen molar-refractivity contribution >= 4 is 0 Å². The molecule has 0 aromatic carbocycles. The normalized spacial score (nSPS) is 7.80. The van der Waals surface area contributed by atoms with E-state index >= 15 is 0 Å². The van der Waals surface area contributed by atoms with Crippen LogP contribution in [0.15, 0.2) is 0 Å². The van der Waals surface area contributed by atoms with Crippen molar-refractivity contribution in [2.45, 2.75) is 33.3 Å². The van der Waals surface area contributed by atoms with Gasteiger partial charge < -0.3 is 10.2 Å². The van der Waals surface area contributed by atoms with Crippen molar-refractivity contribution in [1.29, 1.82) is 0 Å². The molecule has 10 heavy (non-hydrogen) atoms. The molecule has 0 unspecified atom stereocenters. The summed E-state index contributed by atoms with van der Waals surface area (Å²) in [5, 5.41) is 19.0. The number of hydrogen-bond acceptors (Lipinski definition) is 2. The molecule has 2 nitrogen and oxygen atoms in total. The maximum atomic E-state index is 10.1. The first kappa shape index (κ1) is 22.9. The van der Waals surface area contributed by atoms with Gasteiger partial charge in [0.2, 0.25) is 0 Å². The third-order valence-corrected chi connectivity index (χ3v) is 0. The molecular weight excluding hydrogens is 166 g/mol. The zero-order valence-corrected chi connectivity index (χ0v) is 13.1. The minimum atomic E-state index is -0.750. The molecule has 0 aromatic rings. The molecule has 52 valence electrons. The monoisotopic (exact) mass is 180 g/mol. The van der Waals surface area contributed by atoms with Crippen LogP contribution >= 0.6 is 0 Å². The molecule has 0 aliphatic rings. The van der Waals surface area contributed by atoms with Gasteiger partial charge in [0.15, 0.2) is 0 Å². The van der Waals surface area contributed by atoms with Gasteiger partial charge in [0.1, 0.15) is 0 Å². The van der Waals surface area contributed by atoms with Crippen molar-refractivity contribution in [3.8, 4) is 0 Å². The van der Waals surface area contributed by atoms with Crippen LogP contribution in [-0.4, -0.2) is 12.2 Å². The van der Waals surface area contributed by atoms with E-state index in [1.807, 2.05) is 0 Å². The molecule has 0 saturated carbocycles. The van der Waals surface area contributed by atoms with Gasteiger partial charge in [-0.2, -0.15) is 0 Å². The smallest absolute Gasteiger partial charge is 0.855 e. The molecule has 4 heteroatoms. The Hall–Kier alpha value is 2.56. The zero-order valence-electron chi connectivity index (χ0n) is 8.02. The minimum absolute atomic E-state index is 0. The SMILES string of the molecule is CC(C)(C)[O-].CC[O-].[K+].[Na+]. The molecule has 0 rings (SSSR count). The van der Waals surface area contributed by atoms with Crippen molar-refractivity contribution < 1.29 is 91.2 Å². The van der Waals surface area contributed by atoms with E-state index < -0.39 is 5.60 Å². The van der Waals surface area contributed by atoms with Crippen LogP contribution in [0.5, 0.6) is 0 Å². The molecule has 0 fully saturated rings. The molecule has 0 bridgehead atoms. The second-order valence-electron chi connectivity index (χ2n) is 2.40. The van der Waals surface area contributed by atoms with Gasteiger partial charge in [0.05, 0.1) is 0 Å². The Morgan fingerprint density at radius 2 is 1.20 bits per heavy atom. The first-order valence-corrected chi connectivity index (χ1v) is 2.70. The largest absolute Gasteiger partial charge is 1.00 e. The minimum Gasteiger partial charge on any atom is -0.855 e. The summed E-state index contributed by atoms with van der Waals surface area (Å²) in [4.78, 5) is 0. The van der Waals surface area contributed by atoms with Gasteiger partial charge >= 0.3 is 80.9 Å². The van der Waals surface area contributed by atoms with Gasteiger partial charge in [-0.15, -0.1) is 12.2 Å². The standard InChI is InChI=1S/C4H9O.C2H5O.K.Na/c1-4(2,3)5;1-2-3;;/h1-3H3;2H2,1H3;;/q2*-1;2*+1. The summed E-state index contributed by atoms with van der Waals surface area (Å²) in [7, 11) is 0. The van der Waals surface area contributed by atoms with E-state index in [-0.39, 0.29) is 87.5 Å². The Bertz CT molecular complexity index is 39.5. The average Bonchev–Trinajstić information content (AvgIpc) is 1.27. The molecule has 0 spiro atoms. The zero-order chi connectivity index (χ0) is 7.21. The molecule has 0 N–H and O–H groups in total. The maximum Gasteiger partial charge on any atom is 1.00 e. The van der Waals surface area contributed by atoms with Gasteiger partial charge in [-0.05, 0) is 0 Å². The summed E-state index contributed by atoms with van der Waals surface area (Å²) in [6.45, 7) is 6.47. The second kappa shape index (κ2) is 14.1. The van der Waals surface area contributed by atoms with Crippen LogP contribution in [0.3, 0.4) is 0 Å². The van der Waals surface area contributed by atoms with E-state index in [4.69, 9.17) is 5.11 Å². The van der Waals surface area contributed by atoms with E-state index in [2.05, 4.69) is 0 Å². The maximum absolute atomic E-state index is 10.1. The van der Waals surface area contributed by atoms with E-state index in [0.29, 0.717) is 0 Å². The molecule has 0 amide bonds. The number of hydrogen-bond donors (Lipinski definition) is 0. The summed E-state index contributed by atoms with van der Waals surface area (Å²) in [6, 6.07) is 0. The summed E-state index contributed by atoms with van der Waals surface area (Å²) < 4.78 is 0. The van der Waals surface area contributed by atoms with Crippen molar-refractivity contribution in [1.82, 2.24) is 0 Å². The quantitative estimate of drug-likeness (QED) is 0.348. The molecule has 0 aliphatic carbocycles. The molecule has 0 radical (unpaired) electrons. The van der Waals surface area contributed by atoms with Crippen LogP contribution in [0, 0.1) is 0 Å². The summed E-state index contributed by atoms with van der Waals surface area (Å²) in [5.74, 6) is 0. The molecule has 0 aromatic heterocycles. The summed E-state index contributed by atoms with van der Waals surface area (Å²) in [6.07, 6.45) is 0. The van der Waals surface area contributed by atoms with Crippen molar-refractivity contribution in [3.63, 3.8) is 0 Å². The Morgan fingerprint density at radius 1 is 1.20 bits per heavy atom. The van der Waals surface area contributed by atoms with E-state index in [9.17, 15) is 5.11 Å². The van der Waals surface area contributed by atoms with Crippen molar-refractivity contribution in [2.24, 2.45) is 0 Å².